The van der Waals surface area contributed by atoms with Crippen LogP contribution in [-0.4, -0.2) is 14.4 Å². The molecule has 3 nitrogen and oxygen atoms in total. The zero-order chi connectivity index (χ0) is 13.5. The summed E-state index contributed by atoms with van der Waals surface area (Å²) in [5.41, 5.74) is 1.23. The van der Waals surface area contributed by atoms with Gasteiger partial charge in [0.15, 0.2) is 5.65 Å². The lowest BCUT2D eigenvalue weighted by Gasteiger charge is -2.06. The van der Waals surface area contributed by atoms with Gasteiger partial charge in [-0.15, -0.1) is 0 Å². The molecule has 0 amide bonds. The molecule has 0 saturated carbocycles. The van der Waals surface area contributed by atoms with Crippen LogP contribution in [0.4, 0.5) is 13.2 Å². The Morgan fingerprint density at radius 1 is 1.05 bits per heavy atom. The highest BCUT2D eigenvalue weighted by atomic mass is 19.4. The van der Waals surface area contributed by atoms with Gasteiger partial charge in [-0.3, -0.25) is 4.98 Å². The van der Waals surface area contributed by atoms with Gasteiger partial charge in [0, 0.05) is 24.2 Å². The second-order valence-electron chi connectivity index (χ2n) is 4.04. The molecule has 0 fully saturated rings. The molecule has 1 aromatic carbocycles. The van der Waals surface area contributed by atoms with Crippen molar-refractivity contribution in [3.63, 3.8) is 0 Å². The average Bonchev–Trinajstić information content (AvgIpc) is 2.81. The van der Waals surface area contributed by atoms with Gasteiger partial charge in [0.25, 0.3) is 0 Å². The molecule has 0 bridgehead atoms. The fraction of sp³-hybridized carbons (Fsp3) is 0.0769. The van der Waals surface area contributed by atoms with Crippen molar-refractivity contribution >= 4 is 5.65 Å². The number of alkyl halides is 3. The van der Waals surface area contributed by atoms with Gasteiger partial charge in [0.2, 0.25) is 0 Å². The maximum Gasteiger partial charge on any atom is 0.416 e. The first-order valence-electron chi connectivity index (χ1n) is 5.50. The van der Waals surface area contributed by atoms with E-state index in [2.05, 4.69) is 9.97 Å². The van der Waals surface area contributed by atoms with E-state index in [9.17, 15) is 13.2 Å². The number of benzene rings is 1. The zero-order valence-electron chi connectivity index (χ0n) is 9.59. The number of hydrogen-bond donors (Lipinski definition) is 0. The molecule has 0 aliphatic heterocycles. The Hall–Kier alpha value is -2.37. The van der Waals surface area contributed by atoms with Gasteiger partial charge >= 0.3 is 6.18 Å². The first-order valence-corrected chi connectivity index (χ1v) is 5.50. The third-order valence-corrected chi connectivity index (χ3v) is 2.77. The first kappa shape index (κ1) is 11.7. The molecule has 3 rings (SSSR count). The third-order valence-electron chi connectivity index (χ3n) is 2.77. The molecule has 96 valence electrons. The number of halogens is 3. The summed E-state index contributed by atoms with van der Waals surface area (Å²) < 4.78 is 39.1. The van der Waals surface area contributed by atoms with Crippen molar-refractivity contribution in [1.29, 1.82) is 0 Å². The van der Waals surface area contributed by atoms with Gasteiger partial charge < -0.3 is 4.40 Å². The van der Waals surface area contributed by atoms with E-state index < -0.39 is 11.7 Å². The number of imidazole rings is 1. The highest BCUT2D eigenvalue weighted by Crippen LogP contribution is 2.30. The molecule has 0 aliphatic carbocycles. The Morgan fingerprint density at radius 3 is 2.42 bits per heavy atom. The molecule has 6 heteroatoms. The van der Waals surface area contributed by atoms with E-state index >= 15 is 0 Å². The molecular formula is C13H8F3N3. The molecule has 2 aromatic heterocycles. The summed E-state index contributed by atoms with van der Waals surface area (Å²) in [6.45, 7) is 0. The Balaban J connectivity index is 2.02. The predicted octanol–water partition coefficient (Wildman–Crippen LogP) is 3.42. The van der Waals surface area contributed by atoms with Crippen LogP contribution in [0.15, 0.2) is 49.1 Å². The molecule has 0 unspecified atom stereocenters. The minimum absolute atomic E-state index is 0.613. The standard InChI is InChI=1S/C13H8F3N3/c14-13(15,16)10-3-1-9(2-4-10)11-8-19-6-5-17-7-12(19)18-11/h1-8H. The van der Waals surface area contributed by atoms with Crippen molar-refractivity contribution in [3.05, 3.63) is 54.6 Å². The molecule has 0 aliphatic rings. The van der Waals surface area contributed by atoms with E-state index in [0.29, 0.717) is 16.9 Å². The summed E-state index contributed by atoms with van der Waals surface area (Å²) >= 11 is 0. The Bertz CT molecular complexity index is 681. The number of fused-ring (bicyclic) bond motifs is 1. The Labute approximate surface area is 106 Å². The molecule has 2 heterocycles. The zero-order valence-corrected chi connectivity index (χ0v) is 9.59. The van der Waals surface area contributed by atoms with Crippen LogP contribution in [-0.2, 0) is 6.18 Å². The molecule has 0 spiro atoms. The number of aromatic nitrogens is 3. The second-order valence-corrected chi connectivity index (χ2v) is 4.04. The van der Waals surface area contributed by atoms with Crippen LogP contribution >= 0.6 is 0 Å². The van der Waals surface area contributed by atoms with Crippen LogP contribution in [0, 0.1) is 0 Å². The van der Waals surface area contributed by atoms with E-state index in [1.54, 1.807) is 29.2 Å². The van der Waals surface area contributed by atoms with Gasteiger partial charge in [-0.25, -0.2) is 4.98 Å². The highest BCUT2D eigenvalue weighted by molar-refractivity contribution is 5.62. The van der Waals surface area contributed by atoms with Crippen molar-refractivity contribution in [3.8, 4) is 11.3 Å². The largest absolute Gasteiger partial charge is 0.416 e. The lowest BCUT2D eigenvalue weighted by Crippen LogP contribution is -2.03. The molecule has 0 atom stereocenters. The van der Waals surface area contributed by atoms with E-state index in [1.165, 1.54) is 12.1 Å². The second kappa shape index (κ2) is 4.08. The Morgan fingerprint density at radius 2 is 1.79 bits per heavy atom. The lowest BCUT2D eigenvalue weighted by molar-refractivity contribution is -0.137. The SMILES string of the molecule is FC(F)(F)c1ccc(-c2cn3ccncc3n2)cc1. The van der Waals surface area contributed by atoms with Crippen molar-refractivity contribution in [2.45, 2.75) is 6.18 Å². The molecular weight excluding hydrogens is 255 g/mol. The quantitative estimate of drug-likeness (QED) is 0.673. The van der Waals surface area contributed by atoms with E-state index in [-0.39, 0.29) is 0 Å². The van der Waals surface area contributed by atoms with Gasteiger partial charge in [0.1, 0.15) is 0 Å². The van der Waals surface area contributed by atoms with Crippen LogP contribution < -0.4 is 0 Å². The predicted molar refractivity (Wildman–Crippen MR) is 63.4 cm³/mol. The van der Waals surface area contributed by atoms with Crippen LogP contribution in [0.1, 0.15) is 5.56 Å². The van der Waals surface area contributed by atoms with Gasteiger partial charge in [-0.2, -0.15) is 13.2 Å². The summed E-state index contributed by atoms with van der Waals surface area (Å²) in [5.74, 6) is 0. The molecule has 3 aromatic rings. The van der Waals surface area contributed by atoms with Gasteiger partial charge in [-0.05, 0) is 12.1 Å². The summed E-state index contributed by atoms with van der Waals surface area (Å²) in [6.07, 6.45) is 2.37. The summed E-state index contributed by atoms with van der Waals surface area (Å²) in [6, 6.07) is 4.94. The van der Waals surface area contributed by atoms with Crippen molar-refractivity contribution in [2.75, 3.05) is 0 Å². The molecule has 19 heavy (non-hydrogen) atoms. The van der Waals surface area contributed by atoms with E-state index in [0.717, 1.165) is 12.1 Å². The summed E-state index contributed by atoms with van der Waals surface area (Å²) in [7, 11) is 0. The number of nitrogens with zero attached hydrogens (tertiary/aromatic N) is 3. The number of hydrogen-bond acceptors (Lipinski definition) is 2. The maximum atomic E-state index is 12.5. The van der Waals surface area contributed by atoms with Gasteiger partial charge in [0.05, 0.1) is 17.5 Å². The monoisotopic (exact) mass is 263 g/mol. The lowest BCUT2D eigenvalue weighted by atomic mass is 10.1. The topological polar surface area (TPSA) is 30.2 Å². The average molecular weight is 263 g/mol. The normalized spacial score (nSPS) is 11.9. The van der Waals surface area contributed by atoms with Crippen LogP contribution in [0.3, 0.4) is 0 Å². The maximum absolute atomic E-state index is 12.5. The Kier molecular flexibility index (Phi) is 2.51. The fourth-order valence-electron chi connectivity index (χ4n) is 1.81. The smallest absolute Gasteiger partial charge is 0.304 e. The van der Waals surface area contributed by atoms with Crippen LogP contribution in [0.5, 0.6) is 0 Å². The minimum Gasteiger partial charge on any atom is -0.304 e. The van der Waals surface area contributed by atoms with Gasteiger partial charge in [-0.1, -0.05) is 12.1 Å². The minimum atomic E-state index is -4.32. The molecule has 0 saturated heterocycles. The highest BCUT2D eigenvalue weighted by Gasteiger charge is 2.30. The van der Waals surface area contributed by atoms with E-state index in [4.69, 9.17) is 0 Å². The number of rotatable bonds is 1. The molecule has 0 radical (unpaired) electrons. The molecule has 0 N–H and O–H groups in total. The van der Waals surface area contributed by atoms with Crippen molar-refractivity contribution in [2.24, 2.45) is 0 Å². The van der Waals surface area contributed by atoms with Crippen molar-refractivity contribution < 1.29 is 13.2 Å². The fourth-order valence-corrected chi connectivity index (χ4v) is 1.81. The van der Waals surface area contributed by atoms with Crippen LogP contribution in [0.2, 0.25) is 0 Å². The summed E-state index contributed by atoms with van der Waals surface area (Å²) in [5, 5.41) is 0. The summed E-state index contributed by atoms with van der Waals surface area (Å²) in [4.78, 5) is 8.23. The first-order chi connectivity index (χ1) is 9.04. The van der Waals surface area contributed by atoms with E-state index in [1.807, 2.05) is 0 Å². The van der Waals surface area contributed by atoms with Crippen molar-refractivity contribution in [1.82, 2.24) is 14.4 Å². The van der Waals surface area contributed by atoms with Crippen LogP contribution in [0.25, 0.3) is 16.9 Å². The third kappa shape index (κ3) is 2.16.